The van der Waals surface area contributed by atoms with Crippen LogP contribution in [0, 0.1) is 0 Å². The summed E-state index contributed by atoms with van der Waals surface area (Å²) in [5.74, 6) is 1.20. The maximum atomic E-state index is 13.5. The second kappa shape index (κ2) is 9.17. The number of piperidine rings is 1. The Morgan fingerprint density at radius 2 is 1.76 bits per heavy atom. The van der Waals surface area contributed by atoms with Crippen molar-refractivity contribution in [1.29, 1.82) is 0 Å². The number of carbonyl (C=O) groups is 1. The Morgan fingerprint density at radius 3 is 2.52 bits per heavy atom. The van der Waals surface area contributed by atoms with Crippen LogP contribution >= 0.6 is 0 Å². The standard InChI is InChI=1S/C26H29N5O2/c1-2-3-8-15-31-25(32)20-10-5-4-9-19(20)23(29-31)26(33)30-16-13-18(14-17-30)24-27-21-11-6-7-12-22(21)28-24/h4-7,9-12,18H,2-3,8,13-17H2,1H3,(H,27,28). The monoisotopic (exact) mass is 443 g/mol. The summed E-state index contributed by atoms with van der Waals surface area (Å²) in [5, 5.41) is 5.75. The number of aromatic amines is 1. The number of nitrogens with zero attached hydrogens (tertiary/aromatic N) is 4. The molecule has 1 aliphatic rings. The molecule has 0 spiro atoms. The lowest BCUT2D eigenvalue weighted by molar-refractivity contribution is 0.0704. The largest absolute Gasteiger partial charge is 0.342 e. The number of fused-ring (bicyclic) bond motifs is 2. The van der Waals surface area contributed by atoms with E-state index in [0.29, 0.717) is 42.0 Å². The summed E-state index contributed by atoms with van der Waals surface area (Å²) in [7, 11) is 0. The first kappa shape index (κ1) is 21.4. The predicted octanol–water partition coefficient (Wildman–Crippen LogP) is 4.48. The quantitative estimate of drug-likeness (QED) is 0.445. The van der Waals surface area contributed by atoms with E-state index in [-0.39, 0.29) is 11.5 Å². The third-order valence-electron chi connectivity index (χ3n) is 6.62. The molecule has 0 bridgehead atoms. The minimum atomic E-state index is -0.123. The van der Waals surface area contributed by atoms with Crippen molar-refractivity contribution >= 4 is 27.7 Å². The van der Waals surface area contributed by atoms with Gasteiger partial charge in [0.15, 0.2) is 5.69 Å². The molecule has 7 nitrogen and oxygen atoms in total. The molecule has 1 saturated heterocycles. The second-order valence-corrected chi connectivity index (χ2v) is 8.84. The lowest BCUT2D eigenvalue weighted by Crippen LogP contribution is -2.39. The van der Waals surface area contributed by atoms with Gasteiger partial charge in [-0.25, -0.2) is 9.67 Å². The van der Waals surface area contributed by atoms with Crippen LogP contribution in [0.15, 0.2) is 53.3 Å². The molecule has 0 unspecified atom stereocenters. The topological polar surface area (TPSA) is 83.9 Å². The number of rotatable bonds is 6. The lowest BCUT2D eigenvalue weighted by Gasteiger charge is -2.31. The number of imidazole rings is 1. The van der Waals surface area contributed by atoms with Crippen LogP contribution in [-0.4, -0.2) is 43.6 Å². The normalized spacial score (nSPS) is 14.9. The van der Waals surface area contributed by atoms with Crippen molar-refractivity contribution in [2.45, 2.75) is 51.5 Å². The number of likely N-dealkylation sites (tertiary alicyclic amines) is 1. The minimum absolute atomic E-state index is 0.0986. The number of unbranched alkanes of at least 4 members (excludes halogenated alkanes) is 2. The van der Waals surface area contributed by atoms with Gasteiger partial charge in [0.05, 0.1) is 16.4 Å². The number of carbonyl (C=O) groups excluding carboxylic acids is 1. The number of aryl methyl sites for hydroxylation is 1. The summed E-state index contributed by atoms with van der Waals surface area (Å²) in [6.45, 7) is 3.95. The number of para-hydroxylation sites is 2. The molecule has 7 heteroatoms. The summed E-state index contributed by atoms with van der Waals surface area (Å²) in [6.07, 6.45) is 4.66. The van der Waals surface area contributed by atoms with E-state index in [1.807, 2.05) is 47.4 Å². The molecule has 1 amide bonds. The van der Waals surface area contributed by atoms with Gasteiger partial charge in [-0.3, -0.25) is 9.59 Å². The number of amides is 1. The zero-order chi connectivity index (χ0) is 22.8. The van der Waals surface area contributed by atoms with Gasteiger partial charge in [0.1, 0.15) is 5.82 Å². The number of H-pyrrole nitrogens is 1. The Morgan fingerprint density at radius 1 is 1.03 bits per heavy atom. The maximum Gasteiger partial charge on any atom is 0.274 e. The highest BCUT2D eigenvalue weighted by Gasteiger charge is 2.28. The van der Waals surface area contributed by atoms with Gasteiger partial charge >= 0.3 is 0 Å². The van der Waals surface area contributed by atoms with E-state index in [1.54, 1.807) is 6.07 Å². The maximum absolute atomic E-state index is 13.5. The van der Waals surface area contributed by atoms with Gasteiger partial charge in [0, 0.05) is 30.9 Å². The number of hydrogen-bond acceptors (Lipinski definition) is 4. The molecule has 33 heavy (non-hydrogen) atoms. The molecule has 170 valence electrons. The van der Waals surface area contributed by atoms with Crippen molar-refractivity contribution in [2.24, 2.45) is 0 Å². The molecule has 5 rings (SSSR count). The fourth-order valence-electron chi connectivity index (χ4n) is 4.73. The third kappa shape index (κ3) is 4.15. The molecule has 0 atom stereocenters. The van der Waals surface area contributed by atoms with Gasteiger partial charge in [-0.15, -0.1) is 0 Å². The van der Waals surface area contributed by atoms with Gasteiger partial charge in [0.2, 0.25) is 0 Å². The van der Waals surface area contributed by atoms with Crippen molar-refractivity contribution in [3.63, 3.8) is 0 Å². The highest BCUT2D eigenvalue weighted by atomic mass is 16.2. The Kier molecular flexibility index (Phi) is 5.94. The van der Waals surface area contributed by atoms with Crippen molar-refractivity contribution in [3.8, 4) is 0 Å². The van der Waals surface area contributed by atoms with Crippen LogP contribution in [0.5, 0.6) is 0 Å². The molecule has 4 aromatic rings. The van der Waals surface area contributed by atoms with E-state index in [0.717, 1.165) is 49.0 Å². The van der Waals surface area contributed by atoms with Gasteiger partial charge in [-0.1, -0.05) is 50.1 Å². The number of benzene rings is 2. The minimum Gasteiger partial charge on any atom is -0.342 e. The number of hydrogen-bond donors (Lipinski definition) is 1. The molecule has 3 heterocycles. The van der Waals surface area contributed by atoms with Crippen LogP contribution in [-0.2, 0) is 6.54 Å². The van der Waals surface area contributed by atoms with Crippen LogP contribution in [0.25, 0.3) is 21.8 Å². The zero-order valence-corrected chi connectivity index (χ0v) is 19.0. The molecule has 1 N–H and O–H groups in total. The predicted molar refractivity (Wildman–Crippen MR) is 130 cm³/mol. The van der Waals surface area contributed by atoms with E-state index < -0.39 is 0 Å². The Hall–Kier alpha value is -3.48. The van der Waals surface area contributed by atoms with E-state index in [4.69, 9.17) is 4.98 Å². The van der Waals surface area contributed by atoms with Crippen LogP contribution in [0.4, 0.5) is 0 Å². The smallest absolute Gasteiger partial charge is 0.274 e. The van der Waals surface area contributed by atoms with Crippen LogP contribution in [0.3, 0.4) is 0 Å². The average Bonchev–Trinajstić information content (AvgIpc) is 3.30. The van der Waals surface area contributed by atoms with Crippen molar-refractivity contribution < 1.29 is 4.79 Å². The fourth-order valence-corrected chi connectivity index (χ4v) is 4.73. The lowest BCUT2D eigenvalue weighted by atomic mass is 9.95. The van der Waals surface area contributed by atoms with Gasteiger partial charge in [-0.05, 0) is 37.5 Å². The van der Waals surface area contributed by atoms with Crippen LogP contribution in [0.2, 0.25) is 0 Å². The summed E-state index contributed by atoms with van der Waals surface area (Å²) in [6, 6.07) is 15.4. The molecule has 0 saturated carbocycles. The summed E-state index contributed by atoms with van der Waals surface area (Å²) in [4.78, 5) is 36.5. The summed E-state index contributed by atoms with van der Waals surface area (Å²) >= 11 is 0. The van der Waals surface area contributed by atoms with Crippen molar-refractivity contribution in [3.05, 3.63) is 70.4 Å². The van der Waals surface area contributed by atoms with E-state index >= 15 is 0 Å². The van der Waals surface area contributed by atoms with Crippen molar-refractivity contribution in [2.75, 3.05) is 13.1 Å². The fraction of sp³-hybridized carbons (Fsp3) is 0.385. The summed E-state index contributed by atoms with van der Waals surface area (Å²) < 4.78 is 1.48. The Labute approximate surface area is 192 Å². The SMILES string of the molecule is CCCCCn1nc(C(=O)N2CCC(c3nc4ccccc4[nH]3)CC2)c2ccccc2c1=O. The second-order valence-electron chi connectivity index (χ2n) is 8.84. The first-order chi connectivity index (χ1) is 16.2. The first-order valence-electron chi connectivity index (χ1n) is 11.9. The van der Waals surface area contributed by atoms with Gasteiger partial charge in [0.25, 0.3) is 11.5 Å². The highest BCUT2D eigenvalue weighted by Crippen LogP contribution is 2.29. The third-order valence-corrected chi connectivity index (χ3v) is 6.62. The molecule has 0 radical (unpaired) electrons. The summed E-state index contributed by atoms with van der Waals surface area (Å²) in [5.41, 5.74) is 2.28. The molecule has 2 aromatic heterocycles. The highest BCUT2D eigenvalue weighted by molar-refractivity contribution is 6.04. The van der Waals surface area contributed by atoms with Gasteiger partial charge in [-0.2, -0.15) is 5.10 Å². The van der Waals surface area contributed by atoms with Crippen LogP contribution in [0.1, 0.15) is 61.3 Å². The molecular weight excluding hydrogens is 414 g/mol. The zero-order valence-electron chi connectivity index (χ0n) is 19.0. The van der Waals surface area contributed by atoms with E-state index in [2.05, 4.69) is 17.0 Å². The van der Waals surface area contributed by atoms with E-state index in [9.17, 15) is 9.59 Å². The van der Waals surface area contributed by atoms with Crippen molar-refractivity contribution in [1.82, 2.24) is 24.6 Å². The number of aromatic nitrogens is 4. The Bertz CT molecular complexity index is 1310. The molecule has 1 aliphatic heterocycles. The van der Waals surface area contributed by atoms with E-state index in [1.165, 1.54) is 4.68 Å². The molecule has 0 aliphatic carbocycles. The average molecular weight is 444 g/mol. The molecule has 2 aromatic carbocycles. The first-order valence-corrected chi connectivity index (χ1v) is 11.9. The number of nitrogens with one attached hydrogen (secondary N) is 1. The molecular formula is C26H29N5O2. The van der Waals surface area contributed by atoms with Gasteiger partial charge < -0.3 is 9.88 Å². The Balaban J connectivity index is 1.37. The van der Waals surface area contributed by atoms with Crippen LogP contribution < -0.4 is 5.56 Å². The molecule has 1 fully saturated rings.